The summed E-state index contributed by atoms with van der Waals surface area (Å²) >= 11 is 4.94. The Balaban J connectivity index is 0. The van der Waals surface area contributed by atoms with Gasteiger partial charge in [-0.05, 0) is 0 Å². The summed E-state index contributed by atoms with van der Waals surface area (Å²) in [6.07, 6.45) is 0. The van der Waals surface area contributed by atoms with Crippen LogP contribution in [0.15, 0.2) is 0 Å². The van der Waals surface area contributed by atoms with Gasteiger partial charge in [-0.15, -0.1) is 11.6 Å². The lowest BCUT2D eigenvalue weighted by Crippen LogP contribution is -1.76. The topological polar surface area (TPSA) is 40.5 Å². The molecule has 0 atom stereocenters. The van der Waals surface area contributed by atoms with Gasteiger partial charge in [0.2, 0.25) is 0 Å². The zero-order valence-corrected chi connectivity index (χ0v) is 4.44. The minimum Gasteiger partial charge on any atom is -0.400 e. The summed E-state index contributed by atoms with van der Waals surface area (Å²) in [6.45, 7) is 0.0849. The summed E-state index contributed by atoms with van der Waals surface area (Å²) in [5.74, 6) is 0.347. The van der Waals surface area contributed by atoms with E-state index in [4.69, 9.17) is 21.8 Å². The molecule has 0 saturated heterocycles. The zero-order chi connectivity index (χ0) is 5.41. The van der Waals surface area contributed by atoms with E-state index in [1.165, 1.54) is 0 Å². The minimum absolute atomic E-state index is 0.0849. The van der Waals surface area contributed by atoms with E-state index in [9.17, 15) is 0 Å². The number of halogens is 1. The molecule has 0 aromatic heterocycles. The summed E-state index contributed by atoms with van der Waals surface area (Å²) in [5, 5.41) is 14.7. The predicted molar refractivity (Wildman–Crippen MR) is 25.9 cm³/mol. The number of alkyl halides is 1. The fourth-order valence-electron chi connectivity index (χ4n) is 0. The van der Waals surface area contributed by atoms with Crippen LogP contribution in [-0.4, -0.2) is 29.8 Å². The summed E-state index contributed by atoms with van der Waals surface area (Å²) in [5.41, 5.74) is 0. The fraction of sp³-hybridized carbons (Fsp3) is 1.00. The molecule has 0 bridgehead atoms. The predicted octanol–water partition coefficient (Wildman–Crippen LogP) is -0.174. The Bertz CT molecular complexity index is 10.8. The average Bonchev–Trinajstić information content (AvgIpc) is 1.72. The van der Waals surface area contributed by atoms with Crippen LogP contribution in [0.2, 0.25) is 0 Å². The number of rotatable bonds is 1. The third-order valence-electron chi connectivity index (χ3n) is 0.0845. The zero-order valence-electron chi connectivity index (χ0n) is 3.69. The second-order valence-electron chi connectivity index (χ2n) is 0.413. The monoisotopic (exact) mass is 112 g/mol. The van der Waals surface area contributed by atoms with Crippen LogP contribution >= 0.6 is 11.6 Å². The Morgan fingerprint density at radius 3 is 1.67 bits per heavy atom. The molecule has 0 spiro atoms. The van der Waals surface area contributed by atoms with Crippen LogP contribution in [0.25, 0.3) is 0 Å². The van der Waals surface area contributed by atoms with Crippen molar-refractivity contribution >= 4 is 11.6 Å². The lowest BCUT2D eigenvalue weighted by Gasteiger charge is -1.67. The van der Waals surface area contributed by atoms with Gasteiger partial charge in [-0.25, -0.2) is 0 Å². The first-order valence-corrected chi connectivity index (χ1v) is 2.07. The maximum atomic E-state index is 7.74. The maximum Gasteiger partial charge on any atom is 0.0566 e. The number of hydrogen-bond donors (Lipinski definition) is 2. The van der Waals surface area contributed by atoms with Gasteiger partial charge in [0.15, 0.2) is 0 Å². The van der Waals surface area contributed by atoms with Gasteiger partial charge in [-0.1, -0.05) is 0 Å². The molecule has 0 rings (SSSR count). The third kappa shape index (κ3) is 29.6. The van der Waals surface area contributed by atoms with Crippen molar-refractivity contribution < 1.29 is 10.2 Å². The van der Waals surface area contributed by atoms with Crippen LogP contribution in [-0.2, 0) is 0 Å². The van der Waals surface area contributed by atoms with E-state index in [1.807, 2.05) is 0 Å². The molecule has 3 heteroatoms. The van der Waals surface area contributed by atoms with Gasteiger partial charge in [0.05, 0.1) is 6.61 Å². The molecule has 0 aliphatic heterocycles. The van der Waals surface area contributed by atoms with Crippen molar-refractivity contribution in [2.75, 3.05) is 19.6 Å². The number of aliphatic hydroxyl groups is 2. The van der Waals surface area contributed by atoms with Crippen LogP contribution < -0.4 is 0 Å². The lowest BCUT2D eigenvalue weighted by molar-refractivity contribution is 0.321. The molecule has 40 valence electrons. The van der Waals surface area contributed by atoms with E-state index >= 15 is 0 Å². The second-order valence-corrected chi connectivity index (χ2v) is 0.791. The largest absolute Gasteiger partial charge is 0.400 e. The lowest BCUT2D eigenvalue weighted by atomic mass is 10.9. The van der Waals surface area contributed by atoms with Crippen LogP contribution in [0.3, 0.4) is 0 Å². The third-order valence-corrected chi connectivity index (χ3v) is 0.254. The van der Waals surface area contributed by atoms with E-state index in [1.54, 1.807) is 0 Å². The van der Waals surface area contributed by atoms with E-state index in [2.05, 4.69) is 0 Å². The van der Waals surface area contributed by atoms with Crippen LogP contribution in [0.5, 0.6) is 0 Å². The Hall–Kier alpha value is 0.210. The normalized spacial score (nSPS) is 6.00. The van der Waals surface area contributed by atoms with Crippen molar-refractivity contribution in [1.29, 1.82) is 0 Å². The van der Waals surface area contributed by atoms with Crippen LogP contribution in [0.1, 0.15) is 0 Å². The van der Waals surface area contributed by atoms with Crippen molar-refractivity contribution in [2.24, 2.45) is 0 Å². The van der Waals surface area contributed by atoms with Gasteiger partial charge >= 0.3 is 0 Å². The molecule has 0 radical (unpaired) electrons. The second kappa shape index (κ2) is 18.9. The molecule has 0 aromatic rings. The first kappa shape index (κ1) is 9.51. The molecule has 0 aromatic carbocycles. The van der Waals surface area contributed by atoms with Gasteiger partial charge in [0.1, 0.15) is 0 Å². The maximum absolute atomic E-state index is 7.74. The molecule has 0 saturated carbocycles. The molecule has 0 heterocycles. The van der Waals surface area contributed by atoms with E-state index in [-0.39, 0.29) is 6.61 Å². The molecular weight excluding hydrogens is 103 g/mol. The molecule has 2 nitrogen and oxygen atoms in total. The number of aliphatic hydroxyl groups excluding tert-OH is 2. The smallest absolute Gasteiger partial charge is 0.0566 e. The molecule has 0 fully saturated rings. The summed E-state index contributed by atoms with van der Waals surface area (Å²) in [6, 6.07) is 0. The van der Waals surface area contributed by atoms with E-state index < -0.39 is 0 Å². The summed E-state index contributed by atoms with van der Waals surface area (Å²) < 4.78 is 0. The molecule has 0 amide bonds. The molecule has 0 unspecified atom stereocenters. The first-order valence-electron chi connectivity index (χ1n) is 1.53. The Morgan fingerprint density at radius 1 is 1.50 bits per heavy atom. The Labute approximate surface area is 42.4 Å². The highest BCUT2D eigenvalue weighted by molar-refractivity contribution is 6.17. The SMILES string of the molecule is CO.OCCCl. The van der Waals surface area contributed by atoms with Crippen LogP contribution in [0.4, 0.5) is 0 Å². The van der Waals surface area contributed by atoms with Crippen molar-refractivity contribution in [2.45, 2.75) is 0 Å². The molecular formula is C3H9ClO2. The number of hydrogen-bond acceptors (Lipinski definition) is 2. The first-order chi connectivity index (χ1) is 2.91. The average molecular weight is 113 g/mol. The Kier molecular flexibility index (Phi) is 30.0. The molecule has 6 heavy (non-hydrogen) atoms. The molecule has 0 aliphatic rings. The summed E-state index contributed by atoms with van der Waals surface area (Å²) in [7, 11) is 1.00. The van der Waals surface area contributed by atoms with Crippen molar-refractivity contribution in [3.8, 4) is 0 Å². The van der Waals surface area contributed by atoms with E-state index in [0.717, 1.165) is 7.11 Å². The van der Waals surface area contributed by atoms with Gasteiger partial charge in [0.25, 0.3) is 0 Å². The van der Waals surface area contributed by atoms with Crippen molar-refractivity contribution in [1.82, 2.24) is 0 Å². The highest BCUT2D eigenvalue weighted by Crippen LogP contribution is 1.63. The molecule has 0 aliphatic carbocycles. The van der Waals surface area contributed by atoms with Gasteiger partial charge in [-0.3, -0.25) is 0 Å². The molecule has 2 N–H and O–H groups in total. The highest BCUT2D eigenvalue weighted by Gasteiger charge is 1.60. The Morgan fingerprint density at radius 2 is 1.67 bits per heavy atom. The van der Waals surface area contributed by atoms with E-state index in [0.29, 0.717) is 5.88 Å². The van der Waals surface area contributed by atoms with Crippen molar-refractivity contribution in [3.05, 3.63) is 0 Å². The van der Waals surface area contributed by atoms with Crippen molar-refractivity contribution in [3.63, 3.8) is 0 Å². The van der Waals surface area contributed by atoms with Gasteiger partial charge in [0, 0.05) is 13.0 Å². The summed E-state index contributed by atoms with van der Waals surface area (Å²) in [4.78, 5) is 0. The van der Waals surface area contributed by atoms with Gasteiger partial charge in [-0.2, -0.15) is 0 Å². The fourth-order valence-corrected chi connectivity index (χ4v) is 0. The minimum atomic E-state index is 0.0849. The standard InChI is InChI=1S/C2H5ClO.CH4O/c3-1-2-4;1-2/h4H,1-2H2;2H,1H3. The highest BCUT2D eigenvalue weighted by atomic mass is 35.5. The quantitative estimate of drug-likeness (QED) is 0.463. The van der Waals surface area contributed by atoms with Gasteiger partial charge < -0.3 is 10.2 Å². The van der Waals surface area contributed by atoms with Crippen LogP contribution in [0, 0.1) is 0 Å².